The van der Waals surface area contributed by atoms with Crippen LogP contribution in [0.15, 0.2) is 24.3 Å². The second-order valence-corrected chi connectivity index (χ2v) is 9.19. The quantitative estimate of drug-likeness (QED) is 0.437. The third kappa shape index (κ3) is 5.03. The van der Waals surface area contributed by atoms with E-state index in [2.05, 4.69) is 0 Å². The van der Waals surface area contributed by atoms with Gasteiger partial charge in [-0.3, -0.25) is 9.59 Å². The number of fused-ring (bicyclic) bond motifs is 1. The summed E-state index contributed by atoms with van der Waals surface area (Å²) in [5, 5.41) is 19.1. The Morgan fingerprint density at radius 3 is 2.71 bits per heavy atom. The number of esters is 2. The predicted octanol–water partition coefficient (Wildman–Crippen LogP) is 2.03. The smallest absolute Gasteiger partial charge is 0.317 e. The van der Waals surface area contributed by atoms with E-state index in [9.17, 15) is 19.8 Å². The molecular weight excluding hydrogens is 404 g/mol. The van der Waals surface area contributed by atoms with Crippen molar-refractivity contribution in [2.24, 2.45) is 11.3 Å². The van der Waals surface area contributed by atoms with Gasteiger partial charge in [-0.1, -0.05) is 24.3 Å². The zero-order valence-corrected chi connectivity index (χ0v) is 18.7. The van der Waals surface area contributed by atoms with Crippen LogP contribution in [0.1, 0.15) is 53.4 Å². The van der Waals surface area contributed by atoms with Gasteiger partial charge in [-0.05, 0) is 34.1 Å². The van der Waals surface area contributed by atoms with Crippen LogP contribution in [-0.2, 0) is 28.5 Å². The molecule has 0 aromatic heterocycles. The summed E-state index contributed by atoms with van der Waals surface area (Å²) < 4.78 is 23.0. The number of ether oxygens (including phenoxy) is 4. The maximum atomic E-state index is 12.0. The van der Waals surface area contributed by atoms with Gasteiger partial charge in [0.25, 0.3) is 0 Å². The van der Waals surface area contributed by atoms with Crippen molar-refractivity contribution in [3.05, 3.63) is 24.3 Å². The molecule has 1 spiro atoms. The van der Waals surface area contributed by atoms with Crippen LogP contribution in [0.2, 0.25) is 0 Å². The normalized spacial score (nSPS) is 38.0. The van der Waals surface area contributed by atoms with Gasteiger partial charge in [-0.25, -0.2) is 0 Å². The van der Waals surface area contributed by atoms with Crippen LogP contribution < -0.4 is 0 Å². The number of allylic oxidation sites excluding steroid dienone is 2. The molecule has 0 aliphatic carbocycles. The molecule has 0 aromatic rings. The summed E-state index contributed by atoms with van der Waals surface area (Å²) >= 11 is 0. The number of aliphatic hydroxyl groups excluding tert-OH is 2. The lowest BCUT2D eigenvalue weighted by molar-refractivity contribution is -0.226. The van der Waals surface area contributed by atoms with Gasteiger partial charge in [0.15, 0.2) is 5.79 Å². The van der Waals surface area contributed by atoms with E-state index in [4.69, 9.17) is 18.9 Å². The van der Waals surface area contributed by atoms with Crippen LogP contribution >= 0.6 is 0 Å². The minimum absolute atomic E-state index is 0.110. The maximum absolute atomic E-state index is 12.0. The SMILES string of the molecule is C[C@H](C/C=C\C=C\[C@H]1CC[C@@]2(C[C@@H]3OC(=O)[C@@](C)(CO)[C@@H]3O2)O1)OC(=O)[C@@H](C)[C@@H](C)O. The average molecular weight is 439 g/mol. The Labute approximate surface area is 183 Å². The molecule has 174 valence electrons. The van der Waals surface area contributed by atoms with Crippen LogP contribution in [0.3, 0.4) is 0 Å². The number of hydrogen-bond donors (Lipinski definition) is 2. The molecule has 3 aliphatic rings. The van der Waals surface area contributed by atoms with E-state index in [0.717, 1.165) is 6.42 Å². The summed E-state index contributed by atoms with van der Waals surface area (Å²) in [5.74, 6) is -2.14. The molecule has 0 bridgehead atoms. The summed E-state index contributed by atoms with van der Waals surface area (Å²) in [4.78, 5) is 23.9. The average Bonchev–Trinajstić information content (AvgIpc) is 3.35. The predicted molar refractivity (Wildman–Crippen MR) is 111 cm³/mol. The number of carbonyl (C=O) groups is 2. The zero-order valence-electron chi connectivity index (χ0n) is 18.7. The number of rotatable bonds is 8. The fourth-order valence-electron chi connectivity index (χ4n) is 4.17. The highest BCUT2D eigenvalue weighted by Crippen LogP contribution is 2.51. The first-order chi connectivity index (χ1) is 14.6. The van der Waals surface area contributed by atoms with Gasteiger partial charge < -0.3 is 29.2 Å². The topological polar surface area (TPSA) is 112 Å². The highest BCUT2D eigenvalue weighted by atomic mass is 16.7. The minimum atomic E-state index is -1.04. The standard InChI is InChI=1S/C23H34O8/c1-14(28-20(26)15(2)16(3)25)8-6-5-7-9-17-10-11-23(30-17)12-18-19(31-23)22(4,13-24)21(27)29-18/h5-7,9,14-19,24-25H,8,10-13H2,1-4H3/b6-5-,9-7+/t14-,15+,16-,17+,18+,19-,22+,23-/m1/s1. The number of carbonyl (C=O) groups excluding carboxylic acids is 2. The zero-order chi connectivity index (χ0) is 22.8. The van der Waals surface area contributed by atoms with E-state index in [-0.39, 0.29) is 24.9 Å². The van der Waals surface area contributed by atoms with Gasteiger partial charge in [0.1, 0.15) is 23.7 Å². The number of aliphatic hydroxyl groups is 2. The summed E-state index contributed by atoms with van der Waals surface area (Å²) in [6.45, 7) is 6.37. The van der Waals surface area contributed by atoms with Crippen LogP contribution in [0.25, 0.3) is 0 Å². The molecule has 3 saturated heterocycles. The molecule has 8 atom stereocenters. The molecular formula is C23H34O8. The molecule has 8 nitrogen and oxygen atoms in total. The first-order valence-electron chi connectivity index (χ1n) is 11.0. The highest BCUT2D eigenvalue weighted by molar-refractivity contribution is 5.80. The van der Waals surface area contributed by atoms with E-state index >= 15 is 0 Å². The lowest BCUT2D eigenvalue weighted by Gasteiger charge is -2.29. The summed E-state index contributed by atoms with van der Waals surface area (Å²) in [5.41, 5.74) is -1.04. The molecule has 0 aromatic carbocycles. The lowest BCUT2D eigenvalue weighted by atomic mass is 9.85. The summed E-state index contributed by atoms with van der Waals surface area (Å²) in [6.07, 6.45) is 8.17. The van der Waals surface area contributed by atoms with Crippen molar-refractivity contribution >= 4 is 11.9 Å². The van der Waals surface area contributed by atoms with Crippen LogP contribution in [-0.4, -0.2) is 65.1 Å². The van der Waals surface area contributed by atoms with Crippen molar-refractivity contribution < 1.29 is 38.7 Å². The van der Waals surface area contributed by atoms with Gasteiger partial charge >= 0.3 is 11.9 Å². The first kappa shape index (κ1) is 23.9. The second kappa shape index (κ2) is 9.40. The van der Waals surface area contributed by atoms with Gasteiger partial charge in [-0.15, -0.1) is 0 Å². The third-order valence-corrected chi connectivity index (χ3v) is 6.50. The molecule has 0 unspecified atom stereocenters. The molecule has 3 fully saturated rings. The van der Waals surface area contributed by atoms with Gasteiger partial charge in [-0.2, -0.15) is 0 Å². The minimum Gasteiger partial charge on any atom is -0.462 e. The van der Waals surface area contributed by atoms with Gasteiger partial charge in [0, 0.05) is 19.3 Å². The van der Waals surface area contributed by atoms with Gasteiger partial charge in [0.2, 0.25) is 0 Å². The molecule has 3 rings (SSSR count). The Balaban J connectivity index is 1.44. The molecule has 31 heavy (non-hydrogen) atoms. The van der Waals surface area contributed by atoms with E-state index < -0.39 is 41.3 Å². The molecule has 3 aliphatic heterocycles. The van der Waals surface area contributed by atoms with Crippen LogP contribution in [0.4, 0.5) is 0 Å². The first-order valence-corrected chi connectivity index (χ1v) is 11.0. The van der Waals surface area contributed by atoms with Crippen molar-refractivity contribution in [2.75, 3.05) is 6.61 Å². The monoisotopic (exact) mass is 438 g/mol. The Kier molecular flexibility index (Phi) is 7.25. The molecule has 2 N–H and O–H groups in total. The van der Waals surface area contributed by atoms with E-state index in [1.54, 1.807) is 20.8 Å². The fraction of sp³-hybridized carbons (Fsp3) is 0.739. The largest absolute Gasteiger partial charge is 0.462 e. The molecule has 0 amide bonds. The van der Waals surface area contributed by atoms with Crippen molar-refractivity contribution in [1.29, 1.82) is 0 Å². The summed E-state index contributed by atoms with van der Waals surface area (Å²) in [7, 11) is 0. The van der Waals surface area contributed by atoms with E-state index in [1.165, 1.54) is 0 Å². The van der Waals surface area contributed by atoms with Crippen molar-refractivity contribution in [1.82, 2.24) is 0 Å². The second-order valence-electron chi connectivity index (χ2n) is 9.19. The van der Waals surface area contributed by atoms with Crippen LogP contribution in [0, 0.1) is 11.3 Å². The Morgan fingerprint density at radius 1 is 1.29 bits per heavy atom. The van der Waals surface area contributed by atoms with Crippen molar-refractivity contribution in [2.45, 2.75) is 89.7 Å². The highest BCUT2D eigenvalue weighted by Gasteiger charge is 2.64. The molecule has 3 heterocycles. The Bertz CT molecular complexity index is 731. The van der Waals surface area contributed by atoms with Crippen LogP contribution in [0.5, 0.6) is 0 Å². The molecule has 8 heteroatoms. The van der Waals surface area contributed by atoms with Gasteiger partial charge in [0.05, 0.1) is 24.7 Å². The molecule has 0 radical (unpaired) electrons. The lowest BCUT2D eigenvalue weighted by Crippen LogP contribution is -2.41. The van der Waals surface area contributed by atoms with E-state index in [1.807, 2.05) is 31.2 Å². The molecule has 0 saturated carbocycles. The number of hydrogen-bond acceptors (Lipinski definition) is 8. The Hall–Kier alpha value is -1.74. The van der Waals surface area contributed by atoms with E-state index in [0.29, 0.717) is 19.3 Å². The summed E-state index contributed by atoms with van der Waals surface area (Å²) in [6, 6.07) is 0. The third-order valence-electron chi connectivity index (χ3n) is 6.50. The Morgan fingerprint density at radius 2 is 2.03 bits per heavy atom. The maximum Gasteiger partial charge on any atom is 0.317 e. The van der Waals surface area contributed by atoms with Crippen molar-refractivity contribution in [3.63, 3.8) is 0 Å². The van der Waals surface area contributed by atoms with Crippen molar-refractivity contribution in [3.8, 4) is 0 Å². The fourth-order valence-corrected chi connectivity index (χ4v) is 4.17.